The number of nitrogens with zero attached hydrogens (tertiary/aromatic N) is 3. The van der Waals surface area contributed by atoms with Gasteiger partial charge in [-0.2, -0.15) is 4.98 Å². The van der Waals surface area contributed by atoms with E-state index in [1.165, 1.54) is 0 Å². The second kappa shape index (κ2) is 6.21. The Bertz CT molecular complexity index is 916. The molecule has 1 aliphatic heterocycles. The van der Waals surface area contributed by atoms with Gasteiger partial charge in [0.25, 0.3) is 11.7 Å². The Balaban J connectivity index is 1.55. The summed E-state index contributed by atoms with van der Waals surface area (Å²) in [7, 11) is 1.64. The number of amides is 1. The Morgan fingerprint density at radius 3 is 3.08 bits per heavy atom. The molecule has 0 saturated carbocycles. The Morgan fingerprint density at radius 2 is 2.32 bits per heavy atom. The highest BCUT2D eigenvalue weighted by atomic mass is 16.5. The quantitative estimate of drug-likeness (QED) is 0.757. The number of carbonyl (C=O) groups is 1. The number of aromatic nitrogens is 2. The van der Waals surface area contributed by atoms with Crippen LogP contribution in [0, 0.1) is 0 Å². The number of primary amides is 1. The summed E-state index contributed by atoms with van der Waals surface area (Å²) in [5, 5.41) is 4.63. The average molecular weight is 342 g/mol. The van der Waals surface area contributed by atoms with Crippen LogP contribution in [-0.4, -0.2) is 34.6 Å². The van der Waals surface area contributed by atoms with Crippen molar-refractivity contribution in [2.24, 2.45) is 5.73 Å². The molecule has 1 saturated heterocycles. The van der Waals surface area contributed by atoms with Gasteiger partial charge in [0, 0.05) is 5.39 Å². The summed E-state index contributed by atoms with van der Waals surface area (Å²) >= 11 is 0. The van der Waals surface area contributed by atoms with Gasteiger partial charge in [0.2, 0.25) is 5.89 Å². The van der Waals surface area contributed by atoms with Crippen LogP contribution in [0.4, 0.5) is 0 Å². The summed E-state index contributed by atoms with van der Waals surface area (Å²) in [6.45, 7) is 1.51. The molecule has 4 rings (SSSR count). The van der Waals surface area contributed by atoms with E-state index in [0.29, 0.717) is 12.4 Å². The number of fused-ring (bicyclic) bond motifs is 1. The molecule has 1 atom stereocenters. The van der Waals surface area contributed by atoms with Gasteiger partial charge in [-0.3, -0.25) is 9.69 Å². The van der Waals surface area contributed by atoms with Crippen LogP contribution in [0.15, 0.2) is 33.2 Å². The van der Waals surface area contributed by atoms with Gasteiger partial charge in [-0.25, -0.2) is 0 Å². The van der Waals surface area contributed by atoms with Crippen molar-refractivity contribution >= 4 is 16.9 Å². The van der Waals surface area contributed by atoms with Gasteiger partial charge in [-0.1, -0.05) is 5.16 Å². The van der Waals surface area contributed by atoms with Crippen molar-refractivity contribution in [3.8, 4) is 5.75 Å². The van der Waals surface area contributed by atoms with E-state index in [2.05, 4.69) is 15.0 Å². The molecule has 0 radical (unpaired) electrons. The summed E-state index contributed by atoms with van der Waals surface area (Å²) in [5.74, 6) is 1.29. The lowest BCUT2D eigenvalue weighted by atomic mass is 10.2. The number of likely N-dealkylation sites (tertiary alicyclic amines) is 1. The van der Waals surface area contributed by atoms with Crippen molar-refractivity contribution < 1.29 is 18.5 Å². The molecule has 130 valence electrons. The molecule has 1 aliphatic rings. The minimum Gasteiger partial charge on any atom is -0.497 e. The average Bonchev–Trinajstić information content (AvgIpc) is 3.32. The molecule has 2 aromatic heterocycles. The standard InChI is InChI=1S/C17H18N4O4/c1-23-11-4-5-14-10(7-11)8-12(24-14)9-21-6-2-3-13(21)17-19-16(15(18)22)20-25-17/h4-5,7-8,13H,2-3,6,9H2,1H3,(H2,18,22)/t13-/m1/s1. The zero-order valence-corrected chi connectivity index (χ0v) is 13.8. The summed E-state index contributed by atoms with van der Waals surface area (Å²) in [6.07, 6.45) is 1.89. The lowest BCUT2D eigenvalue weighted by Crippen LogP contribution is -2.23. The van der Waals surface area contributed by atoms with E-state index in [4.69, 9.17) is 19.4 Å². The number of ether oxygens (including phenoxy) is 1. The van der Waals surface area contributed by atoms with Crippen molar-refractivity contribution in [1.82, 2.24) is 15.0 Å². The Labute approximate surface area is 143 Å². The zero-order chi connectivity index (χ0) is 17.4. The monoisotopic (exact) mass is 342 g/mol. The lowest BCUT2D eigenvalue weighted by molar-refractivity contribution is 0.0987. The number of furan rings is 1. The predicted molar refractivity (Wildman–Crippen MR) is 88.0 cm³/mol. The van der Waals surface area contributed by atoms with Crippen molar-refractivity contribution in [2.75, 3.05) is 13.7 Å². The normalized spacial score (nSPS) is 18.0. The molecule has 2 N–H and O–H groups in total. The highest BCUT2D eigenvalue weighted by Crippen LogP contribution is 2.33. The van der Waals surface area contributed by atoms with E-state index in [0.717, 1.165) is 41.9 Å². The number of hydrogen-bond acceptors (Lipinski definition) is 7. The molecule has 1 aromatic carbocycles. The predicted octanol–water partition coefficient (Wildman–Crippen LogP) is 2.26. The number of carbonyl (C=O) groups excluding carboxylic acids is 1. The van der Waals surface area contributed by atoms with E-state index in [1.54, 1.807) is 7.11 Å². The highest BCUT2D eigenvalue weighted by Gasteiger charge is 2.31. The van der Waals surface area contributed by atoms with Crippen LogP contribution in [0.5, 0.6) is 5.75 Å². The van der Waals surface area contributed by atoms with E-state index in [9.17, 15) is 4.79 Å². The van der Waals surface area contributed by atoms with Crippen LogP contribution in [0.3, 0.4) is 0 Å². The van der Waals surface area contributed by atoms with Gasteiger partial charge >= 0.3 is 0 Å². The topological polar surface area (TPSA) is 108 Å². The van der Waals surface area contributed by atoms with Crippen molar-refractivity contribution in [3.63, 3.8) is 0 Å². The Hall–Kier alpha value is -2.87. The van der Waals surface area contributed by atoms with E-state index in [-0.39, 0.29) is 11.9 Å². The molecule has 0 aliphatic carbocycles. The van der Waals surface area contributed by atoms with Crippen LogP contribution >= 0.6 is 0 Å². The van der Waals surface area contributed by atoms with Gasteiger partial charge < -0.3 is 19.4 Å². The zero-order valence-electron chi connectivity index (χ0n) is 13.8. The number of nitrogens with two attached hydrogens (primary N) is 1. The molecule has 0 spiro atoms. The number of benzene rings is 1. The maximum atomic E-state index is 11.2. The van der Waals surface area contributed by atoms with Gasteiger partial charge in [0.15, 0.2) is 0 Å². The molecular weight excluding hydrogens is 324 g/mol. The molecule has 1 fully saturated rings. The van der Waals surface area contributed by atoms with Crippen LogP contribution < -0.4 is 10.5 Å². The number of hydrogen-bond donors (Lipinski definition) is 1. The van der Waals surface area contributed by atoms with E-state index >= 15 is 0 Å². The first-order valence-corrected chi connectivity index (χ1v) is 8.08. The van der Waals surface area contributed by atoms with E-state index in [1.807, 2.05) is 24.3 Å². The smallest absolute Gasteiger partial charge is 0.290 e. The van der Waals surface area contributed by atoms with Crippen LogP contribution in [0.25, 0.3) is 11.0 Å². The van der Waals surface area contributed by atoms with Gasteiger partial charge in [-0.15, -0.1) is 0 Å². The molecule has 0 unspecified atom stereocenters. The molecule has 25 heavy (non-hydrogen) atoms. The largest absolute Gasteiger partial charge is 0.497 e. The SMILES string of the molecule is COc1ccc2oc(CN3CCC[C@@H]3c3nc(C(N)=O)no3)cc2c1. The fraction of sp³-hybridized carbons (Fsp3) is 0.353. The summed E-state index contributed by atoms with van der Waals surface area (Å²) in [5.41, 5.74) is 6.01. The Morgan fingerprint density at radius 1 is 1.44 bits per heavy atom. The molecule has 8 nitrogen and oxygen atoms in total. The van der Waals surface area contributed by atoms with Gasteiger partial charge in [-0.05, 0) is 43.7 Å². The molecular formula is C17H18N4O4. The first-order valence-electron chi connectivity index (χ1n) is 8.08. The van der Waals surface area contributed by atoms with Gasteiger partial charge in [0.1, 0.15) is 17.1 Å². The minimum atomic E-state index is -0.689. The van der Waals surface area contributed by atoms with Crippen molar-refractivity contribution in [1.29, 1.82) is 0 Å². The van der Waals surface area contributed by atoms with Crippen molar-refractivity contribution in [2.45, 2.75) is 25.4 Å². The molecule has 3 heterocycles. The molecule has 8 heteroatoms. The first kappa shape index (κ1) is 15.6. The first-order chi connectivity index (χ1) is 12.1. The molecule has 0 bridgehead atoms. The minimum absolute atomic E-state index is 0.0386. The van der Waals surface area contributed by atoms with E-state index < -0.39 is 5.91 Å². The van der Waals surface area contributed by atoms with Crippen LogP contribution in [0.2, 0.25) is 0 Å². The lowest BCUT2D eigenvalue weighted by Gasteiger charge is -2.19. The third-order valence-electron chi connectivity index (χ3n) is 4.44. The number of methoxy groups -OCH3 is 1. The highest BCUT2D eigenvalue weighted by molar-refractivity contribution is 5.88. The molecule has 3 aromatic rings. The summed E-state index contributed by atoms with van der Waals surface area (Å²) < 4.78 is 16.4. The third kappa shape index (κ3) is 2.96. The second-order valence-corrected chi connectivity index (χ2v) is 6.07. The number of rotatable bonds is 5. The summed E-state index contributed by atoms with van der Waals surface area (Å²) in [4.78, 5) is 17.5. The maximum Gasteiger partial charge on any atom is 0.290 e. The van der Waals surface area contributed by atoms with Gasteiger partial charge in [0.05, 0.1) is 19.7 Å². The maximum absolute atomic E-state index is 11.2. The van der Waals surface area contributed by atoms with Crippen molar-refractivity contribution in [3.05, 3.63) is 41.7 Å². The fourth-order valence-corrected chi connectivity index (χ4v) is 3.25. The van der Waals surface area contributed by atoms with Crippen LogP contribution in [0.1, 0.15) is 41.2 Å². The fourth-order valence-electron chi connectivity index (χ4n) is 3.25. The second-order valence-electron chi connectivity index (χ2n) is 6.07. The van der Waals surface area contributed by atoms with Crippen LogP contribution in [-0.2, 0) is 6.54 Å². The molecule has 1 amide bonds. The third-order valence-corrected chi connectivity index (χ3v) is 4.44. The summed E-state index contributed by atoms with van der Waals surface area (Å²) in [6, 6.07) is 7.69. The Kier molecular flexibility index (Phi) is 3.89.